The summed E-state index contributed by atoms with van der Waals surface area (Å²) in [4.78, 5) is 0. The van der Waals surface area contributed by atoms with Gasteiger partial charge in [-0.1, -0.05) is 23.7 Å². The molecule has 2 rings (SSSR count). The normalized spacial score (nSPS) is 12.7. The van der Waals surface area contributed by atoms with E-state index in [1.807, 2.05) is 39.1 Å². The summed E-state index contributed by atoms with van der Waals surface area (Å²) in [5.74, 6) is 1.94. The summed E-state index contributed by atoms with van der Waals surface area (Å²) in [5.41, 5.74) is 3.56. The van der Waals surface area contributed by atoms with Crippen LogP contribution in [-0.2, 0) is 0 Å². The summed E-state index contributed by atoms with van der Waals surface area (Å²) < 4.78 is 5.71. The summed E-state index contributed by atoms with van der Waals surface area (Å²) in [7, 11) is 1.95. The van der Waals surface area contributed by atoms with Crippen LogP contribution in [0.2, 0.25) is 5.02 Å². The first-order valence-corrected chi connectivity index (χ1v) is 6.41. The maximum atomic E-state index is 6.07. The molecule has 1 N–H and O–H groups in total. The van der Waals surface area contributed by atoms with E-state index >= 15 is 0 Å². The second-order valence-electron chi connectivity index (χ2n) is 4.53. The molecule has 0 spiro atoms. The third-order valence-corrected chi connectivity index (χ3v) is 3.61. The van der Waals surface area contributed by atoms with Crippen LogP contribution in [0.4, 0.5) is 0 Å². The summed E-state index contributed by atoms with van der Waals surface area (Å²) in [6.45, 7) is 6.09. The molecule has 0 saturated heterocycles. The van der Waals surface area contributed by atoms with Crippen LogP contribution in [0.3, 0.4) is 0 Å². The monoisotopic (exact) mass is 263 g/mol. The van der Waals surface area contributed by atoms with Crippen molar-refractivity contribution in [3.8, 4) is 0 Å². The number of nitrogens with one attached hydrogen (secondary N) is 1. The van der Waals surface area contributed by atoms with Gasteiger partial charge in [-0.2, -0.15) is 0 Å². The van der Waals surface area contributed by atoms with Gasteiger partial charge < -0.3 is 9.73 Å². The van der Waals surface area contributed by atoms with Crippen LogP contribution in [0, 0.1) is 20.8 Å². The first kappa shape index (κ1) is 13.2. The predicted octanol–water partition coefficient (Wildman–Crippen LogP) is 4.17. The minimum Gasteiger partial charge on any atom is -0.466 e. The van der Waals surface area contributed by atoms with E-state index in [1.54, 1.807) is 0 Å². The Bertz CT molecular complexity index is 560. The predicted molar refractivity (Wildman–Crippen MR) is 75.3 cm³/mol. The Morgan fingerprint density at radius 2 is 1.89 bits per heavy atom. The van der Waals surface area contributed by atoms with Gasteiger partial charge in [0.2, 0.25) is 0 Å². The Kier molecular flexibility index (Phi) is 3.79. The number of furan rings is 1. The van der Waals surface area contributed by atoms with E-state index in [-0.39, 0.29) is 6.04 Å². The van der Waals surface area contributed by atoms with Crippen molar-refractivity contribution >= 4 is 11.6 Å². The molecule has 0 aliphatic rings. The van der Waals surface area contributed by atoms with Gasteiger partial charge in [0, 0.05) is 10.6 Å². The Morgan fingerprint density at radius 3 is 2.39 bits per heavy atom. The average Bonchev–Trinajstić information content (AvgIpc) is 2.57. The van der Waals surface area contributed by atoms with Crippen LogP contribution >= 0.6 is 11.6 Å². The van der Waals surface area contributed by atoms with Crippen molar-refractivity contribution in [1.29, 1.82) is 0 Å². The minimum absolute atomic E-state index is 0.112. The lowest BCUT2D eigenvalue weighted by Gasteiger charge is -2.17. The van der Waals surface area contributed by atoms with Crippen molar-refractivity contribution < 1.29 is 4.42 Å². The summed E-state index contributed by atoms with van der Waals surface area (Å²) >= 11 is 6.07. The van der Waals surface area contributed by atoms with Gasteiger partial charge >= 0.3 is 0 Å². The molecule has 2 nitrogen and oxygen atoms in total. The molecular formula is C15H18ClNO. The summed E-state index contributed by atoms with van der Waals surface area (Å²) in [6.07, 6.45) is 0. The summed E-state index contributed by atoms with van der Waals surface area (Å²) in [5, 5.41) is 4.09. The van der Waals surface area contributed by atoms with Crippen LogP contribution in [0.5, 0.6) is 0 Å². The van der Waals surface area contributed by atoms with E-state index in [9.17, 15) is 0 Å². The lowest BCUT2D eigenvalue weighted by molar-refractivity contribution is 0.495. The first-order valence-electron chi connectivity index (χ1n) is 6.03. The Hall–Kier alpha value is -1.25. The molecule has 0 saturated carbocycles. The molecule has 18 heavy (non-hydrogen) atoms. The van der Waals surface area contributed by atoms with Crippen molar-refractivity contribution in [2.45, 2.75) is 26.8 Å². The highest BCUT2D eigenvalue weighted by molar-refractivity contribution is 6.30. The van der Waals surface area contributed by atoms with E-state index in [4.69, 9.17) is 16.0 Å². The van der Waals surface area contributed by atoms with E-state index in [0.29, 0.717) is 0 Å². The third kappa shape index (κ3) is 2.31. The van der Waals surface area contributed by atoms with Crippen LogP contribution < -0.4 is 5.32 Å². The fourth-order valence-corrected chi connectivity index (χ4v) is 2.60. The van der Waals surface area contributed by atoms with Crippen molar-refractivity contribution in [2.24, 2.45) is 0 Å². The van der Waals surface area contributed by atoms with Gasteiger partial charge in [-0.25, -0.2) is 0 Å². The molecule has 1 aromatic heterocycles. The Labute approximate surface area is 113 Å². The van der Waals surface area contributed by atoms with Crippen LogP contribution in [0.1, 0.15) is 34.3 Å². The molecule has 0 bridgehead atoms. The molecule has 0 radical (unpaired) electrons. The third-order valence-electron chi connectivity index (χ3n) is 3.38. The van der Waals surface area contributed by atoms with Crippen molar-refractivity contribution in [3.05, 3.63) is 57.5 Å². The number of aryl methyl sites for hydroxylation is 2. The summed E-state index contributed by atoms with van der Waals surface area (Å²) in [6, 6.07) is 8.04. The number of halogens is 1. The second-order valence-corrected chi connectivity index (χ2v) is 4.97. The fourth-order valence-electron chi connectivity index (χ4n) is 2.40. The average molecular weight is 264 g/mol. The highest BCUT2D eigenvalue weighted by Gasteiger charge is 2.21. The number of rotatable bonds is 3. The molecule has 1 heterocycles. The van der Waals surface area contributed by atoms with Crippen LogP contribution in [0.25, 0.3) is 0 Å². The van der Waals surface area contributed by atoms with Crippen LogP contribution in [0.15, 0.2) is 28.7 Å². The molecular weight excluding hydrogens is 246 g/mol. The Balaban J connectivity index is 2.52. The van der Waals surface area contributed by atoms with Crippen molar-refractivity contribution in [3.63, 3.8) is 0 Å². The standard InChI is InChI=1S/C15H18ClNO/c1-9-10(2)18-11(3)14(9)15(17-4)12-6-5-7-13(16)8-12/h5-8,15,17H,1-4H3. The Morgan fingerprint density at radius 1 is 1.17 bits per heavy atom. The topological polar surface area (TPSA) is 25.2 Å². The zero-order valence-electron chi connectivity index (χ0n) is 11.2. The van der Waals surface area contributed by atoms with Gasteiger partial charge in [0.1, 0.15) is 11.5 Å². The highest BCUT2D eigenvalue weighted by Crippen LogP contribution is 2.32. The van der Waals surface area contributed by atoms with E-state index < -0.39 is 0 Å². The lowest BCUT2D eigenvalue weighted by atomic mass is 9.95. The highest BCUT2D eigenvalue weighted by atomic mass is 35.5. The quantitative estimate of drug-likeness (QED) is 0.899. The van der Waals surface area contributed by atoms with E-state index in [1.165, 1.54) is 11.1 Å². The zero-order valence-corrected chi connectivity index (χ0v) is 11.9. The van der Waals surface area contributed by atoms with Gasteiger partial charge in [0.25, 0.3) is 0 Å². The number of hydrogen-bond acceptors (Lipinski definition) is 2. The van der Waals surface area contributed by atoms with Gasteiger partial charge in [0.05, 0.1) is 6.04 Å². The molecule has 1 atom stereocenters. The first-order chi connectivity index (χ1) is 8.54. The molecule has 0 amide bonds. The zero-order chi connectivity index (χ0) is 13.3. The maximum Gasteiger partial charge on any atom is 0.106 e. The minimum atomic E-state index is 0.112. The van der Waals surface area contributed by atoms with E-state index in [2.05, 4.69) is 18.3 Å². The molecule has 0 fully saturated rings. The van der Waals surface area contributed by atoms with Gasteiger partial charge in [-0.05, 0) is 51.1 Å². The SMILES string of the molecule is CNC(c1cccc(Cl)c1)c1c(C)oc(C)c1C. The second kappa shape index (κ2) is 5.17. The fraction of sp³-hybridized carbons (Fsp3) is 0.333. The van der Waals surface area contributed by atoms with Gasteiger partial charge in [-0.15, -0.1) is 0 Å². The van der Waals surface area contributed by atoms with Crippen molar-refractivity contribution in [2.75, 3.05) is 7.05 Å². The molecule has 96 valence electrons. The largest absolute Gasteiger partial charge is 0.466 e. The molecule has 2 aromatic rings. The number of hydrogen-bond donors (Lipinski definition) is 1. The van der Waals surface area contributed by atoms with E-state index in [0.717, 1.165) is 22.1 Å². The number of benzene rings is 1. The molecule has 0 aliphatic carbocycles. The van der Waals surface area contributed by atoms with Gasteiger partial charge in [-0.3, -0.25) is 0 Å². The van der Waals surface area contributed by atoms with Crippen LogP contribution in [-0.4, -0.2) is 7.05 Å². The molecule has 0 aliphatic heterocycles. The molecule has 1 aromatic carbocycles. The molecule has 3 heteroatoms. The smallest absolute Gasteiger partial charge is 0.106 e. The van der Waals surface area contributed by atoms with Gasteiger partial charge in [0.15, 0.2) is 0 Å². The maximum absolute atomic E-state index is 6.07. The molecule has 1 unspecified atom stereocenters. The van der Waals surface area contributed by atoms with Crippen molar-refractivity contribution in [1.82, 2.24) is 5.32 Å². The lowest BCUT2D eigenvalue weighted by Crippen LogP contribution is -2.18.